The number of rotatable bonds is 6. The van der Waals surface area contributed by atoms with Crippen LogP contribution in [0, 0.1) is 0 Å². The third-order valence-electron chi connectivity index (χ3n) is 5.60. The van der Waals surface area contributed by atoms with E-state index in [-0.39, 0.29) is 12.1 Å². The summed E-state index contributed by atoms with van der Waals surface area (Å²) in [5.74, 6) is 0. The average molecular weight is 446 g/mol. The SMILES string of the molecule is C[C@@H]1CN(c2ccc3ccn(COCC[Si](C)(C)C)c3c2)CCN1C(=O)OC(C)(C)C. The lowest BCUT2D eigenvalue weighted by molar-refractivity contribution is 0.0159. The van der Waals surface area contributed by atoms with Crippen LogP contribution in [-0.4, -0.2) is 61.5 Å². The Morgan fingerprint density at radius 3 is 2.55 bits per heavy atom. The van der Waals surface area contributed by atoms with Crippen molar-refractivity contribution in [3.8, 4) is 0 Å². The number of aromatic nitrogens is 1. The molecule has 1 aliphatic heterocycles. The average Bonchev–Trinajstić information content (AvgIpc) is 3.05. The molecule has 1 saturated heterocycles. The van der Waals surface area contributed by atoms with Gasteiger partial charge in [-0.15, -0.1) is 0 Å². The highest BCUT2D eigenvalue weighted by atomic mass is 28.3. The van der Waals surface area contributed by atoms with Crippen LogP contribution in [0.15, 0.2) is 30.5 Å². The maximum absolute atomic E-state index is 12.5. The number of piperazine rings is 1. The Hall–Kier alpha value is -1.99. The number of benzene rings is 1. The Morgan fingerprint density at radius 1 is 1.16 bits per heavy atom. The molecule has 1 aliphatic rings. The van der Waals surface area contributed by atoms with Crippen LogP contribution in [0.4, 0.5) is 10.5 Å². The van der Waals surface area contributed by atoms with Crippen molar-refractivity contribution in [1.29, 1.82) is 0 Å². The molecule has 0 saturated carbocycles. The molecule has 0 aliphatic carbocycles. The van der Waals surface area contributed by atoms with E-state index in [0.29, 0.717) is 13.3 Å². The predicted molar refractivity (Wildman–Crippen MR) is 131 cm³/mol. The lowest BCUT2D eigenvalue weighted by Crippen LogP contribution is -2.55. The quantitative estimate of drug-likeness (QED) is 0.441. The van der Waals surface area contributed by atoms with Crippen molar-refractivity contribution >= 4 is 30.8 Å². The molecule has 0 spiro atoms. The van der Waals surface area contributed by atoms with Gasteiger partial charge in [0, 0.05) is 52.2 Å². The van der Waals surface area contributed by atoms with Crippen molar-refractivity contribution in [1.82, 2.24) is 9.47 Å². The van der Waals surface area contributed by atoms with Gasteiger partial charge in [-0.3, -0.25) is 0 Å². The maximum atomic E-state index is 12.5. The molecule has 0 N–H and O–H groups in total. The lowest BCUT2D eigenvalue weighted by Gasteiger charge is -2.41. The van der Waals surface area contributed by atoms with E-state index in [2.05, 4.69) is 66.5 Å². The summed E-state index contributed by atoms with van der Waals surface area (Å²) in [7, 11) is -1.08. The molecule has 7 heteroatoms. The summed E-state index contributed by atoms with van der Waals surface area (Å²) in [4.78, 5) is 16.7. The molecule has 31 heavy (non-hydrogen) atoms. The number of hydrogen-bond donors (Lipinski definition) is 0. The van der Waals surface area contributed by atoms with E-state index < -0.39 is 13.7 Å². The van der Waals surface area contributed by atoms with Crippen LogP contribution in [0.1, 0.15) is 27.7 Å². The van der Waals surface area contributed by atoms with E-state index in [1.165, 1.54) is 22.6 Å². The zero-order valence-electron chi connectivity index (χ0n) is 20.3. The largest absolute Gasteiger partial charge is 0.444 e. The second kappa shape index (κ2) is 9.24. The number of anilines is 1. The van der Waals surface area contributed by atoms with E-state index in [1.807, 2.05) is 25.7 Å². The van der Waals surface area contributed by atoms with Crippen LogP contribution in [-0.2, 0) is 16.2 Å². The molecule has 1 atom stereocenters. The minimum absolute atomic E-state index is 0.0935. The Kier molecular flexibility index (Phi) is 7.06. The highest BCUT2D eigenvalue weighted by Crippen LogP contribution is 2.26. The zero-order chi connectivity index (χ0) is 22.8. The second-order valence-electron chi connectivity index (χ2n) is 10.8. The van der Waals surface area contributed by atoms with Gasteiger partial charge in [-0.2, -0.15) is 0 Å². The van der Waals surface area contributed by atoms with Gasteiger partial charge >= 0.3 is 6.09 Å². The fourth-order valence-electron chi connectivity index (χ4n) is 3.81. The lowest BCUT2D eigenvalue weighted by atomic mass is 10.1. The zero-order valence-corrected chi connectivity index (χ0v) is 21.3. The van der Waals surface area contributed by atoms with Crippen LogP contribution in [0.2, 0.25) is 25.7 Å². The van der Waals surface area contributed by atoms with Crippen molar-refractivity contribution < 1.29 is 14.3 Å². The fourth-order valence-corrected chi connectivity index (χ4v) is 4.56. The molecule has 0 bridgehead atoms. The summed E-state index contributed by atoms with van der Waals surface area (Å²) >= 11 is 0. The van der Waals surface area contributed by atoms with Crippen LogP contribution in [0.3, 0.4) is 0 Å². The van der Waals surface area contributed by atoms with Gasteiger partial charge in [0.1, 0.15) is 12.3 Å². The second-order valence-corrected chi connectivity index (χ2v) is 16.5. The fraction of sp³-hybridized carbons (Fsp3) is 0.625. The summed E-state index contributed by atoms with van der Waals surface area (Å²) < 4.78 is 13.7. The first-order chi connectivity index (χ1) is 14.4. The molecular weight excluding hydrogens is 406 g/mol. The van der Waals surface area contributed by atoms with Crippen LogP contribution >= 0.6 is 0 Å². The Labute approximate surface area is 188 Å². The molecule has 0 unspecified atom stereocenters. The van der Waals surface area contributed by atoms with Crippen molar-refractivity contribution in [3.63, 3.8) is 0 Å². The van der Waals surface area contributed by atoms with E-state index >= 15 is 0 Å². The molecular formula is C24H39N3O3Si. The normalized spacial score (nSPS) is 18.0. The summed E-state index contributed by atoms with van der Waals surface area (Å²) in [6.07, 6.45) is 1.88. The standard InChI is InChI=1S/C24H39N3O3Si/c1-19-17-25(12-13-27(19)23(28)30-24(2,3)4)21-9-8-20-10-11-26(22(20)16-21)18-29-14-15-31(5,6)7/h8-11,16,19H,12-15,17-18H2,1-7H3/t19-/m1/s1. The van der Waals surface area contributed by atoms with Gasteiger partial charge in [-0.25, -0.2) is 4.79 Å². The Bertz CT molecular complexity index is 898. The summed E-state index contributed by atoms with van der Waals surface area (Å²) in [6, 6.07) is 10.0. The summed E-state index contributed by atoms with van der Waals surface area (Å²) in [6.45, 7) is 18.6. The first-order valence-electron chi connectivity index (χ1n) is 11.3. The van der Waals surface area contributed by atoms with Crippen LogP contribution < -0.4 is 4.90 Å². The topological polar surface area (TPSA) is 46.9 Å². The third kappa shape index (κ3) is 6.49. The molecule has 2 aromatic rings. The predicted octanol–water partition coefficient (Wildman–Crippen LogP) is 5.40. The van der Waals surface area contributed by atoms with Crippen molar-refractivity contribution in [2.45, 2.75) is 71.8 Å². The van der Waals surface area contributed by atoms with E-state index in [0.717, 1.165) is 19.7 Å². The number of amides is 1. The van der Waals surface area contributed by atoms with Gasteiger partial charge < -0.3 is 23.8 Å². The minimum atomic E-state index is -1.08. The van der Waals surface area contributed by atoms with Gasteiger partial charge in [0.2, 0.25) is 0 Å². The molecule has 3 rings (SSSR count). The van der Waals surface area contributed by atoms with Crippen molar-refractivity contribution in [2.24, 2.45) is 0 Å². The highest BCUT2D eigenvalue weighted by molar-refractivity contribution is 6.76. The van der Waals surface area contributed by atoms with Gasteiger partial charge in [-0.05, 0) is 57.3 Å². The van der Waals surface area contributed by atoms with E-state index in [9.17, 15) is 4.79 Å². The number of hydrogen-bond acceptors (Lipinski definition) is 4. The van der Waals surface area contributed by atoms with Gasteiger partial charge in [0.05, 0.1) is 5.52 Å². The summed E-state index contributed by atoms with van der Waals surface area (Å²) in [5, 5.41) is 1.22. The van der Waals surface area contributed by atoms with Crippen molar-refractivity contribution in [3.05, 3.63) is 30.5 Å². The maximum Gasteiger partial charge on any atom is 0.410 e. The highest BCUT2D eigenvalue weighted by Gasteiger charge is 2.31. The molecule has 1 fully saturated rings. The smallest absolute Gasteiger partial charge is 0.410 e. The first kappa shape index (κ1) is 23.7. The number of carbonyl (C=O) groups is 1. The van der Waals surface area contributed by atoms with Gasteiger partial charge in [0.15, 0.2) is 0 Å². The Morgan fingerprint density at radius 2 is 1.90 bits per heavy atom. The van der Waals surface area contributed by atoms with E-state index in [1.54, 1.807) is 0 Å². The number of fused-ring (bicyclic) bond motifs is 1. The molecule has 6 nitrogen and oxygen atoms in total. The molecule has 1 aromatic carbocycles. The Balaban J connectivity index is 1.65. The third-order valence-corrected chi connectivity index (χ3v) is 7.31. The first-order valence-corrected chi connectivity index (χ1v) is 15.0. The molecule has 0 radical (unpaired) electrons. The van der Waals surface area contributed by atoms with Gasteiger partial charge in [-0.1, -0.05) is 25.7 Å². The molecule has 1 amide bonds. The number of nitrogens with zero attached hydrogens (tertiary/aromatic N) is 3. The molecule has 1 aromatic heterocycles. The molecule has 172 valence electrons. The molecule has 2 heterocycles. The minimum Gasteiger partial charge on any atom is -0.444 e. The number of carbonyl (C=O) groups excluding carboxylic acids is 1. The van der Waals surface area contributed by atoms with Crippen molar-refractivity contribution in [2.75, 3.05) is 31.1 Å². The summed E-state index contributed by atoms with van der Waals surface area (Å²) in [5.41, 5.74) is 1.90. The monoisotopic (exact) mass is 445 g/mol. The van der Waals surface area contributed by atoms with Crippen LogP contribution in [0.5, 0.6) is 0 Å². The van der Waals surface area contributed by atoms with E-state index in [4.69, 9.17) is 9.47 Å². The van der Waals surface area contributed by atoms with Gasteiger partial charge in [0.25, 0.3) is 0 Å². The van der Waals surface area contributed by atoms with Crippen LogP contribution in [0.25, 0.3) is 10.9 Å². The number of ether oxygens (including phenoxy) is 2.